The lowest BCUT2D eigenvalue weighted by atomic mass is 9.95. The quantitative estimate of drug-likeness (QED) is 0.510. The van der Waals surface area contributed by atoms with Gasteiger partial charge in [-0.15, -0.1) is 13.2 Å². The lowest BCUT2D eigenvalue weighted by Gasteiger charge is -2.10. The second-order valence-corrected chi connectivity index (χ2v) is 2.87. The van der Waals surface area contributed by atoms with Crippen molar-refractivity contribution in [3.8, 4) is 0 Å². The van der Waals surface area contributed by atoms with Crippen LogP contribution >= 0.6 is 0 Å². The topological polar surface area (TPSA) is 0 Å². The summed E-state index contributed by atoms with van der Waals surface area (Å²) in [4.78, 5) is 0. The molecule has 0 rings (SSSR count). The third kappa shape index (κ3) is 4.37. The van der Waals surface area contributed by atoms with Crippen LogP contribution in [0.5, 0.6) is 0 Å². The van der Waals surface area contributed by atoms with Crippen LogP contribution in [0, 0.1) is 11.8 Å². The van der Waals surface area contributed by atoms with Gasteiger partial charge in [-0.3, -0.25) is 0 Å². The number of hydrogen-bond donors (Lipinski definition) is 0. The van der Waals surface area contributed by atoms with Crippen LogP contribution in [-0.2, 0) is 0 Å². The summed E-state index contributed by atoms with van der Waals surface area (Å²) in [6.07, 6.45) is 6.13. The fourth-order valence-corrected chi connectivity index (χ4v) is 0.963. The molecule has 0 bridgehead atoms. The SMILES string of the molecule is C=CC[C](C)CC(C)C=C. The Bertz CT molecular complexity index is 103. The minimum absolute atomic E-state index is 0.611. The summed E-state index contributed by atoms with van der Waals surface area (Å²) < 4.78 is 0. The van der Waals surface area contributed by atoms with Crippen molar-refractivity contribution in [2.45, 2.75) is 26.7 Å². The Hall–Kier alpha value is -0.520. The van der Waals surface area contributed by atoms with Gasteiger partial charge in [0.15, 0.2) is 0 Å². The average Bonchev–Trinajstić information content (AvgIpc) is 1.88. The molecule has 0 aromatic carbocycles. The van der Waals surface area contributed by atoms with Crippen LogP contribution in [0.15, 0.2) is 25.3 Å². The molecule has 0 amide bonds. The number of hydrogen-bond acceptors (Lipinski definition) is 0. The maximum Gasteiger partial charge on any atom is -0.0229 e. The fourth-order valence-electron chi connectivity index (χ4n) is 0.963. The van der Waals surface area contributed by atoms with Gasteiger partial charge in [-0.05, 0) is 24.7 Å². The number of allylic oxidation sites excluding steroid dienone is 2. The Morgan fingerprint density at radius 2 is 2.10 bits per heavy atom. The summed E-state index contributed by atoms with van der Waals surface area (Å²) in [5.74, 6) is 2.10. The van der Waals surface area contributed by atoms with Gasteiger partial charge in [0.2, 0.25) is 0 Å². The van der Waals surface area contributed by atoms with Gasteiger partial charge >= 0.3 is 0 Å². The molecule has 0 nitrogen and oxygen atoms in total. The zero-order valence-electron chi connectivity index (χ0n) is 7.06. The zero-order valence-corrected chi connectivity index (χ0v) is 7.06. The minimum Gasteiger partial charge on any atom is -0.103 e. The Morgan fingerprint density at radius 1 is 1.50 bits per heavy atom. The first-order valence-corrected chi connectivity index (χ1v) is 3.75. The molecule has 0 fully saturated rings. The van der Waals surface area contributed by atoms with Crippen LogP contribution in [0.2, 0.25) is 0 Å². The van der Waals surface area contributed by atoms with Crippen LogP contribution in [0.25, 0.3) is 0 Å². The summed E-state index contributed by atoms with van der Waals surface area (Å²) in [6.45, 7) is 11.8. The van der Waals surface area contributed by atoms with Gasteiger partial charge in [0, 0.05) is 0 Å². The smallest absolute Gasteiger partial charge is 0.0229 e. The maximum atomic E-state index is 3.73. The molecule has 0 aliphatic rings. The van der Waals surface area contributed by atoms with Gasteiger partial charge in [-0.2, -0.15) is 0 Å². The lowest BCUT2D eigenvalue weighted by Crippen LogP contribution is -1.96. The molecule has 0 aliphatic heterocycles. The van der Waals surface area contributed by atoms with E-state index in [0.717, 1.165) is 12.8 Å². The van der Waals surface area contributed by atoms with E-state index in [0.29, 0.717) is 5.92 Å². The van der Waals surface area contributed by atoms with E-state index in [1.54, 1.807) is 0 Å². The van der Waals surface area contributed by atoms with Crippen molar-refractivity contribution in [3.05, 3.63) is 31.2 Å². The van der Waals surface area contributed by atoms with Gasteiger partial charge in [0.05, 0.1) is 0 Å². The van der Waals surface area contributed by atoms with Gasteiger partial charge in [0.1, 0.15) is 0 Å². The molecule has 57 valence electrons. The van der Waals surface area contributed by atoms with Crippen molar-refractivity contribution in [1.29, 1.82) is 0 Å². The first-order chi connectivity index (χ1) is 4.70. The van der Waals surface area contributed by atoms with E-state index in [-0.39, 0.29) is 0 Å². The summed E-state index contributed by atoms with van der Waals surface area (Å²) in [5, 5.41) is 0. The predicted octanol–water partition coefficient (Wildman–Crippen LogP) is 3.37. The van der Waals surface area contributed by atoms with Crippen molar-refractivity contribution in [2.75, 3.05) is 0 Å². The fraction of sp³-hybridized carbons (Fsp3) is 0.500. The van der Waals surface area contributed by atoms with Gasteiger partial charge < -0.3 is 0 Å². The Balaban J connectivity index is 3.45. The molecule has 10 heavy (non-hydrogen) atoms. The highest BCUT2D eigenvalue weighted by Crippen LogP contribution is 2.17. The lowest BCUT2D eigenvalue weighted by molar-refractivity contribution is 0.646. The first kappa shape index (κ1) is 9.48. The molecule has 0 aromatic heterocycles. The molecule has 0 heterocycles. The van der Waals surface area contributed by atoms with Crippen LogP contribution in [-0.4, -0.2) is 0 Å². The van der Waals surface area contributed by atoms with E-state index < -0.39 is 0 Å². The van der Waals surface area contributed by atoms with E-state index in [1.807, 2.05) is 12.2 Å². The van der Waals surface area contributed by atoms with Crippen molar-refractivity contribution in [2.24, 2.45) is 5.92 Å². The van der Waals surface area contributed by atoms with E-state index in [9.17, 15) is 0 Å². The highest BCUT2D eigenvalue weighted by atomic mass is 14.1. The summed E-state index contributed by atoms with van der Waals surface area (Å²) in [7, 11) is 0. The third-order valence-electron chi connectivity index (χ3n) is 1.57. The van der Waals surface area contributed by atoms with E-state index in [1.165, 1.54) is 5.92 Å². The standard InChI is InChI=1S/C10H17/c1-5-7-10(4)8-9(3)6-2/h5-6,9H,1-2,7-8H2,3-4H3. The molecule has 0 aliphatic carbocycles. The van der Waals surface area contributed by atoms with Crippen LogP contribution in [0.4, 0.5) is 0 Å². The van der Waals surface area contributed by atoms with Gasteiger partial charge in [-0.1, -0.05) is 26.0 Å². The second-order valence-electron chi connectivity index (χ2n) is 2.87. The highest BCUT2D eigenvalue weighted by molar-refractivity contribution is 4.95. The predicted molar refractivity (Wildman–Crippen MR) is 47.7 cm³/mol. The summed E-state index contributed by atoms with van der Waals surface area (Å²) in [5.41, 5.74) is 0. The van der Waals surface area contributed by atoms with E-state index in [4.69, 9.17) is 0 Å². The van der Waals surface area contributed by atoms with Gasteiger partial charge in [0.25, 0.3) is 0 Å². The minimum atomic E-state index is 0.611. The molecule has 0 spiro atoms. The van der Waals surface area contributed by atoms with Crippen molar-refractivity contribution in [1.82, 2.24) is 0 Å². The summed E-state index contributed by atoms with van der Waals surface area (Å²) in [6, 6.07) is 0. The normalized spacial score (nSPS) is 13.1. The average molecular weight is 137 g/mol. The Labute approximate surface area is 64.6 Å². The molecular formula is C10H17. The second kappa shape index (κ2) is 5.28. The molecule has 0 heteroatoms. The van der Waals surface area contributed by atoms with Crippen LogP contribution < -0.4 is 0 Å². The molecule has 0 aromatic rings. The molecule has 0 saturated carbocycles. The Morgan fingerprint density at radius 3 is 2.50 bits per heavy atom. The largest absolute Gasteiger partial charge is 0.103 e. The molecule has 0 saturated heterocycles. The third-order valence-corrected chi connectivity index (χ3v) is 1.57. The summed E-state index contributed by atoms with van der Waals surface area (Å²) >= 11 is 0. The molecule has 1 radical (unpaired) electrons. The molecule has 1 unspecified atom stereocenters. The van der Waals surface area contributed by atoms with Crippen LogP contribution in [0.1, 0.15) is 26.7 Å². The van der Waals surface area contributed by atoms with E-state index in [2.05, 4.69) is 27.0 Å². The van der Waals surface area contributed by atoms with Crippen molar-refractivity contribution < 1.29 is 0 Å². The van der Waals surface area contributed by atoms with Crippen LogP contribution in [0.3, 0.4) is 0 Å². The zero-order chi connectivity index (χ0) is 7.98. The van der Waals surface area contributed by atoms with Gasteiger partial charge in [-0.25, -0.2) is 0 Å². The highest BCUT2D eigenvalue weighted by Gasteiger charge is 2.03. The molecule has 1 atom stereocenters. The maximum absolute atomic E-state index is 3.73. The number of rotatable bonds is 5. The van der Waals surface area contributed by atoms with Crippen molar-refractivity contribution >= 4 is 0 Å². The molecular weight excluding hydrogens is 120 g/mol. The first-order valence-electron chi connectivity index (χ1n) is 3.75. The monoisotopic (exact) mass is 137 g/mol. The molecule has 0 N–H and O–H groups in total. The van der Waals surface area contributed by atoms with Crippen molar-refractivity contribution in [3.63, 3.8) is 0 Å². The van der Waals surface area contributed by atoms with E-state index >= 15 is 0 Å². The Kier molecular flexibility index (Phi) is 5.00.